The van der Waals surface area contributed by atoms with Crippen LogP contribution in [0.15, 0.2) is 53.4 Å². The molecule has 0 bridgehead atoms. The highest BCUT2D eigenvalue weighted by atomic mass is 32.1. The molecule has 0 spiro atoms. The zero-order valence-corrected chi connectivity index (χ0v) is 20.9. The van der Waals surface area contributed by atoms with Crippen LogP contribution in [0.5, 0.6) is 0 Å². The van der Waals surface area contributed by atoms with E-state index < -0.39 is 0 Å². The Bertz CT molecular complexity index is 1140. The second-order valence-corrected chi connectivity index (χ2v) is 10.5. The van der Waals surface area contributed by atoms with Gasteiger partial charge in [0.25, 0.3) is 0 Å². The van der Waals surface area contributed by atoms with E-state index in [4.69, 9.17) is 0 Å². The van der Waals surface area contributed by atoms with Crippen LogP contribution in [0, 0.1) is 5.92 Å². The number of carbonyl (C=O) groups excluding carboxylic acids is 2. The number of aromatic nitrogens is 1. The van der Waals surface area contributed by atoms with Crippen molar-refractivity contribution in [3.05, 3.63) is 64.5 Å². The van der Waals surface area contributed by atoms with E-state index in [0.717, 1.165) is 63.8 Å². The Morgan fingerprint density at radius 3 is 2.66 bits per heavy atom. The zero-order chi connectivity index (χ0) is 24.0. The minimum Gasteiger partial charge on any atom is -0.361 e. The van der Waals surface area contributed by atoms with Crippen LogP contribution in [-0.2, 0) is 9.59 Å². The molecule has 2 fully saturated rings. The summed E-state index contributed by atoms with van der Waals surface area (Å²) in [4.78, 5) is 31.8. The van der Waals surface area contributed by atoms with Crippen LogP contribution in [0.2, 0.25) is 0 Å². The lowest BCUT2D eigenvalue weighted by Crippen LogP contribution is -2.52. The predicted octanol–water partition coefficient (Wildman–Crippen LogP) is 4.48. The maximum absolute atomic E-state index is 12.7. The summed E-state index contributed by atoms with van der Waals surface area (Å²) in [6.07, 6.45) is 10.8. The SMILES string of the molecule is O=CNCC(C1CCN(C(=O)C=Cc2ccsc2)CC1)N1CCC(c2c[nH]c3ccccc23)CC1. The normalized spacial score (nSPS) is 19.4. The number of likely N-dealkylation sites (tertiary alicyclic amines) is 2. The van der Waals surface area contributed by atoms with Gasteiger partial charge in [-0.1, -0.05) is 18.2 Å². The molecule has 3 aromatic rings. The molecule has 1 atom stereocenters. The fourth-order valence-electron chi connectivity index (χ4n) is 5.88. The molecule has 2 N–H and O–H groups in total. The van der Waals surface area contributed by atoms with Crippen LogP contribution >= 0.6 is 11.3 Å². The largest absolute Gasteiger partial charge is 0.361 e. The van der Waals surface area contributed by atoms with E-state index in [1.165, 1.54) is 16.5 Å². The van der Waals surface area contributed by atoms with E-state index in [0.29, 0.717) is 24.4 Å². The average Bonchev–Trinajstić information content (AvgIpc) is 3.58. The number of H-pyrrole nitrogens is 1. The van der Waals surface area contributed by atoms with E-state index in [-0.39, 0.29) is 5.91 Å². The molecule has 7 heteroatoms. The first-order valence-corrected chi connectivity index (χ1v) is 13.6. The Hall–Kier alpha value is -2.90. The highest BCUT2D eigenvalue weighted by molar-refractivity contribution is 7.08. The Morgan fingerprint density at radius 1 is 1.11 bits per heavy atom. The highest BCUT2D eigenvalue weighted by Crippen LogP contribution is 2.35. The summed E-state index contributed by atoms with van der Waals surface area (Å²) in [7, 11) is 0. The predicted molar refractivity (Wildman–Crippen MR) is 142 cm³/mol. The summed E-state index contributed by atoms with van der Waals surface area (Å²) in [6, 6.07) is 10.9. The number of piperidine rings is 2. The van der Waals surface area contributed by atoms with Gasteiger partial charge < -0.3 is 15.2 Å². The number of amides is 2. The van der Waals surface area contributed by atoms with Crippen molar-refractivity contribution >= 4 is 40.6 Å². The van der Waals surface area contributed by atoms with Crippen molar-refractivity contribution in [2.45, 2.75) is 37.6 Å². The van der Waals surface area contributed by atoms with Gasteiger partial charge >= 0.3 is 0 Å². The van der Waals surface area contributed by atoms with Crippen molar-refractivity contribution in [1.29, 1.82) is 0 Å². The quantitative estimate of drug-likeness (QED) is 0.362. The number of hydrogen-bond donors (Lipinski definition) is 2. The molecular weight excluding hydrogens is 456 g/mol. The molecule has 1 aromatic carbocycles. The van der Waals surface area contributed by atoms with E-state index in [2.05, 4.69) is 45.7 Å². The number of nitrogens with one attached hydrogen (secondary N) is 2. The summed E-state index contributed by atoms with van der Waals surface area (Å²) < 4.78 is 0. The molecule has 4 heterocycles. The fraction of sp³-hybridized carbons (Fsp3) is 0.429. The van der Waals surface area contributed by atoms with Crippen molar-refractivity contribution in [2.75, 3.05) is 32.7 Å². The number of nitrogens with zero attached hydrogens (tertiary/aromatic N) is 2. The van der Waals surface area contributed by atoms with Crippen LogP contribution in [0.4, 0.5) is 0 Å². The summed E-state index contributed by atoms with van der Waals surface area (Å²) in [6.45, 7) is 4.31. The van der Waals surface area contributed by atoms with Gasteiger partial charge in [0.2, 0.25) is 12.3 Å². The van der Waals surface area contributed by atoms with Gasteiger partial charge in [-0.25, -0.2) is 0 Å². The van der Waals surface area contributed by atoms with Crippen LogP contribution < -0.4 is 5.32 Å². The number of fused-ring (bicyclic) bond motifs is 1. The lowest BCUT2D eigenvalue weighted by Gasteiger charge is -2.43. The van der Waals surface area contributed by atoms with Crippen molar-refractivity contribution in [1.82, 2.24) is 20.1 Å². The molecule has 184 valence electrons. The van der Waals surface area contributed by atoms with Gasteiger partial charge in [-0.3, -0.25) is 14.5 Å². The molecule has 35 heavy (non-hydrogen) atoms. The van der Waals surface area contributed by atoms with Gasteiger partial charge in [-0.15, -0.1) is 0 Å². The number of hydrogen-bond acceptors (Lipinski definition) is 4. The van der Waals surface area contributed by atoms with Gasteiger partial charge in [0.15, 0.2) is 0 Å². The Morgan fingerprint density at radius 2 is 1.91 bits per heavy atom. The zero-order valence-electron chi connectivity index (χ0n) is 20.1. The molecule has 2 saturated heterocycles. The van der Waals surface area contributed by atoms with Crippen molar-refractivity contribution in [3.63, 3.8) is 0 Å². The lowest BCUT2D eigenvalue weighted by molar-refractivity contribution is -0.127. The van der Waals surface area contributed by atoms with Crippen LogP contribution in [0.1, 0.15) is 42.7 Å². The van der Waals surface area contributed by atoms with Crippen LogP contribution in [-0.4, -0.2) is 65.9 Å². The third-order valence-electron chi connectivity index (χ3n) is 7.83. The van der Waals surface area contributed by atoms with Crippen molar-refractivity contribution < 1.29 is 9.59 Å². The monoisotopic (exact) mass is 490 g/mol. The summed E-state index contributed by atoms with van der Waals surface area (Å²) in [5.74, 6) is 1.14. The summed E-state index contributed by atoms with van der Waals surface area (Å²) in [5.41, 5.74) is 3.73. The standard InChI is InChI=1S/C28H34N4O2S/c33-20-29-18-27(23-9-14-32(15-10-23)28(34)6-5-21-11-16-35-19-21)31-12-7-22(8-13-31)25-17-30-26-4-2-1-3-24(25)26/h1-6,11,16-17,19-20,22-23,27,30H,7-10,12-15,18H2,(H,29,33). The van der Waals surface area contributed by atoms with E-state index in [1.54, 1.807) is 17.4 Å². The Balaban J connectivity index is 1.17. The molecule has 0 radical (unpaired) electrons. The molecule has 5 rings (SSSR count). The second-order valence-electron chi connectivity index (χ2n) is 9.75. The third-order valence-corrected chi connectivity index (χ3v) is 8.53. The number of para-hydroxylation sites is 1. The average molecular weight is 491 g/mol. The van der Waals surface area contributed by atoms with E-state index in [1.807, 2.05) is 27.8 Å². The second kappa shape index (κ2) is 11.2. The number of carbonyl (C=O) groups is 2. The van der Waals surface area contributed by atoms with Crippen molar-refractivity contribution in [3.8, 4) is 0 Å². The maximum Gasteiger partial charge on any atom is 0.246 e. The molecule has 2 aliphatic rings. The van der Waals surface area contributed by atoms with Crippen molar-refractivity contribution in [2.24, 2.45) is 5.92 Å². The van der Waals surface area contributed by atoms with Gasteiger partial charge in [0, 0.05) is 48.9 Å². The topological polar surface area (TPSA) is 68.4 Å². The molecule has 0 aliphatic carbocycles. The van der Waals surface area contributed by atoms with Gasteiger partial charge in [-0.05, 0) is 90.7 Å². The first-order valence-electron chi connectivity index (χ1n) is 12.7. The first kappa shape index (κ1) is 23.8. The minimum absolute atomic E-state index is 0.0942. The Labute approximate surface area is 211 Å². The summed E-state index contributed by atoms with van der Waals surface area (Å²) >= 11 is 1.64. The third kappa shape index (κ3) is 5.52. The summed E-state index contributed by atoms with van der Waals surface area (Å²) in [5, 5.41) is 8.36. The number of benzene rings is 1. The van der Waals surface area contributed by atoms with Crippen LogP contribution in [0.25, 0.3) is 17.0 Å². The fourth-order valence-corrected chi connectivity index (χ4v) is 6.51. The Kier molecular flexibility index (Phi) is 7.64. The lowest BCUT2D eigenvalue weighted by atomic mass is 9.84. The smallest absolute Gasteiger partial charge is 0.246 e. The number of aromatic amines is 1. The molecule has 2 aromatic heterocycles. The van der Waals surface area contributed by atoms with E-state index in [9.17, 15) is 9.59 Å². The molecule has 0 saturated carbocycles. The number of thiophene rings is 1. The number of rotatable bonds is 8. The molecule has 6 nitrogen and oxygen atoms in total. The maximum atomic E-state index is 12.7. The molecular formula is C28H34N4O2S. The minimum atomic E-state index is 0.0942. The van der Waals surface area contributed by atoms with Gasteiger partial charge in [0.1, 0.15) is 0 Å². The van der Waals surface area contributed by atoms with Gasteiger partial charge in [0.05, 0.1) is 0 Å². The van der Waals surface area contributed by atoms with Crippen LogP contribution in [0.3, 0.4) is 0 Å². The molecule has 1 unspecified atom stereocenters. The molecule has 2 amide bonds. The molecule has 2 aliphatic heterocycles. The highest BCUT2D eigenvalue weighted by Gasteiger charge is 2.34. The van der Waals surface area contributed by atoms with Gasteiger partial charge in [-0.2, -0.15) is 11.3 Å². The first-order chi connectivity index (χ1) is 17.2. The van der Waals surface area contributed by atoms with E-state index >= 15 is 0 Å².